The fourth-order valence-electron chi connectivity index (χ4n) is 2.22. The zero-order valence-corrected chi connectivity index (χ0v) is 11.5. The number of nitrogens with two attached hydrogens (primary N) is 2. The zero-order chi connectivity index (χ0) is 15.3. The highest BCUT2D eigenvalue weighted by Crippen LogP contribution is 2.18. The predicted octanol–water partition coefficient (Wildman–Crippen LogP) is -2.32. The van der Waals surface area contributed by atoms with Gasteiger partial charge in [0.25, 0.3) is 0 Å². The first kappa shape index (κ1) is 16.4. The number of amides is 3. The first-order valence-corrected chi connectivity index (χ1v) is 6.62. The molecule has 0 aromatic carbocycles. The van der Waals surface area contributed by atoms with Crippen LogP contribution in [0.15, 0.2) is 0 Å². The van der Waals surface area contributed by atoms with Crippen molar-refractivity contribution < 1.29 is 19.5 Å². The summed E-state index contributed by atoms with van der Waals surface area (Å²) in [4.78, 5) is 36.7. The second-order valence-electron chi connectivity index (χ2n) is 5.04. The van der Waals surface area contributed by atoms with Crippen molar-refractivity contribution in [3.05, 3.63) is 0 Å². The summed E-state index contributed by atoms with van der Waals surface area (Å²) in [5, 5.41) is 11.2. The van der Waals surface area contributed by atoms with Crippen LogP contribution in [-0.4, -0.2) is 59.0 Å². The Kier molecular flexibility index (Phi) is 5.90. The molecule has 8 heteroatoms. The number of carbonyl (C=O) groups is 3. The van der Waals surface area contributed by atoms with Crippen LogP contribution in [0.25, 0.3) is 0 Å². The van der Waals surface area contributed by atoms with Crippen molar-refractivity contribution in [2.24, 2.45) is 11.5 Å². The molecule has 114 valence electrons. The molecule has 3 amide bonds. The minimum Gasteiger partial charge on any atom is -0.394 e. The summed E-state index contributed by atoms with van der Waals surface area (Å²) < 4.78 is 0. The fourth-order valence-corrected chi connectivity index (χ4v) is 2.22. The third-order valence-corrected chi connectivity index (χ3v) is 3.39. The normalized spacial score (nSPS) is 21.4. The van der Waals surface area contributed by atoms with Gasteiger partial charge >= 0.3 is 0 Å². The van der Waals surface area contributed by atoms with Gasteiger partial charge in [-0.1, -0.05) is 0 Å². The first-order valence-electron chi connectivity index (χ1n) is 6.62. The van der Waals surface area contributed by atoms with Crippen LogP contribution in [0.2, 0.25) is 0 Å². The minimum atomic E-state index is -1.13. The Morgan fingerprint density at radius 3 is 2.55 bits per heavy atom. The van der Waals surface area contributed by atoms with Gasteiger partial charge in [-0.05, 0) is 19.8 Å². The Balaban J connectivity index is 2.75. The van der Waals surface area contributed by atoms with E-state index in [0.717, 1.165) is 12.8 Å². The smallest absolute Gasteiger partial charge is 0.245 e. The topological polar surface area (TPSA) is 139 Å². The zero-order valence-electron chi connectivity index (χ0n) is 11.5. The molecule has 0 bridgehead atoms. The standard InChI is InChI=1S/C12H22N4O4/c1-7-3-2-4-16(7)12(20)9(5-10(14)18)15-11(19)8(13)6-17/h7-9,17H,2-6,13H2,1H3,(H2,14,18)(H,15,19)/t7-,8+,9+/m1/s1. The Labute approximate surface area is 117 Å². The first-order chi connectivity index (χ1) is 9.36. The predicted molar refractivity (Wildman–Crippen MR) is 71.2 cm³/mol. The molecule has 1 aliphatic rings. The van der Waals surface area contributed by atoms with Gasteiger partial charge in [0.15, 0.2) is 0 Å². The molecule has 0 aromatic heterocycles. The lowest BCUT2D eigenvalue weighted by atomic mass is 10.1. The third-order valence-electron chi connectivity index (χ3n) is 3.39. The highest BCUT2D eigenvalue weighted by molar-refractivity contribution is 5.93. The van der Waals surface area contributed by atoms with E-state index >= 15 is 0 Å². The van der Waals surface area contributed by atoms with Gasteiger partial charge in [0.05, 0.1) is 13.0 Å². The van der Waals surface area contributed by atoms with Gasteiger partial charge in [-0.25, -0.2) is 0 Å². The van der Waals surface area contributed by atoms with Crippen molar-refractivity contribution >= 4 is 17.7 Å². The summed E-state index contributed by atoms with van der Waals surface area (Å²) >= 11 is 0. The maximum Gasteiger partial charge on any atom is 0.245 e. The number of rotatable bonds is 6. The van der Waals surface area contributed by atoms with Crippen molar-refractivity contribution in [1.29, 1.82) is 0 Å². The lowest BCUT2D eigenvalue weighted by Crippen LogP contribution is -2.55. The largest absolute Gasteiger partial charge is 0.394 e. The highest BCUT2D eigenvalue weighted by atomic mass is 16.3. The number of aliphatic hydroxyl groups is 1. The monoisotopic (exact) mass is 286 g/mol. The Hall–Kier alpha value is -1.67. The van der Waals surface area contributed by atoms with E-state index in [1.54, 1.807) is 4.90 Å². The number of carbonyl (C=O) groups excluding carboxylic acids is 3. The van der Waals surface area contributed by atoms with E-state index in [9.17, 15) is 14.4 Å². The average Bonchev–Trinajstić information content (AvgIpc) is 2.81. The molecule has 0 spiro atoms. The van der Waals surface area contributed by atoms with Crippen molar-refractivity contribution in [2.75, 3.05) is 13.2 Å². The van der Waals surface area contributed by atoms with E-state index in [0.29, 0.717) is 6.54 Å². The molecular weight excluding hydrogens is 264 g/mol. The van der Waals surface area contributed by atoms with Gasteiger partial charge < -0.3 is 26.8 Å². The average molecular weight is 286 g/mol. The summed E-state index contributed by atoms with van der Waals surface area (Å²) in [5.41, 5.74) is 10.5. The highest BCUT2D eigenvalue weighted by Gasteiger charge is 2.33. The number of hydrogen-bond acceptors (Lipinski definition) is 5. The second-order valence-corrected chi connectivity index (χ2v) is 5.04. The van der Waals surface area contributed by atoms with Gasteiger partial charge in [0.1, 0.15) is 12.1 Å². The van der Waals surface area contributed by atoms with E-state index in [1.807, 2.05) is 6.92 Å². The SMILES string of the molecule is C[C@@H]1CCCN1C(=O)[C@H](CC(N)=O)NC(=O)[C@@H](N)CO. The Morgan fingerprint density at radius 1 is 1.45 bits per heavy atom. The molecule has 1 fully saturated rings. The molecular formula is C12H22N4O4. The molecule has 1 heterocycles. The van der Waals surface area contributed by atoms with Crippen molar-refractivity contribution in [2.45, 2.75) is 44.3 Å². The molecule has 1 saturated heterocycles. The van der Waals surface area contributed by atoms with Crippen molar-refractivity contribution in [3.63, 3.8) is 0 Å². The van der Waals surface area contributed by atoms with Crippen molar-refractivity contribution in [3.8, 4) is 0 Å². The number of hydrogen-bond donors (Lipinski definition) is 4. The Morgan fingerprint density at radius 2 is 2.10 bits per heavy atom. The number of nitrogens with zero attached hydrogens (tertiary/aromatic N) is 1. The number of primary amides is 1. The lowest BCUT2D eigenvalue weighted by molar-refractivity contribution is -0.139. The third kappa shape index (κ3) is 4.17. The van der Waals surface area contributed by atoms with Gasteiger partial charge in [0.2, 0.25) is 17.7 Å². The van der Waals surface area contributed by atoms with Crippen LogP contribution >= 0.6 is 0 Å². The molecule has 20 heavy (non-hydrogen) atoms. The maximum absolute atomic E-state index is 12.3. The van der Waals surface area contributed by atoms with Crippen LogP contribution in [0.5, 0.6) is 0 Å². The lowest BCUT2D eigenvalue weighted by Gasteiger charge is -2.27. The molecule has 0 unspecified atom stereocenters. The molecule has 0 aromatic rings. The molecule has 0 radical (unpaired) electrons. The van der Waals surface area contributed by atoms with Crippen LogP contribution in [0, 0.1) is 0 Å². The summed E-state index contributed by atoms with van der Waals surface area (Å²) in [5.74, 6) is -1.71. The number of likely N-dealkylation sites (tertiary alicyclic amines) is 1. The van der Waals surface area contributed by atoms with E-state index in [2.05, 4.69) is 5.32 Å². The van der Waals surface area contributed by atoms with Gasteiger partial charge in [0, 0.05) is 12.6 Å². The molecule has 1 aliphatic heterocycles. The molecule has 3 atom stereocenters. The van der Waals surface area contributed by atoms with E-state index in [1.165, 1.54) is 0 Å². The molecule has 6 N–H and O–H groups in total. The number of aliphatic hydroxyl groups excluding tert-OH is 1. The molecule has 8 nitrogen and oxygen atoms in total. The van der Waals surface area contributed by atoms with Crippen LogP contribution in [0.4, 0.5) is 0 Å². The van der Waals surface area contributed by atoms with Crippen molar-refractivity contribution in [1.82, 2.24) is 10.2 Å². The maximum atomic E-state index is 12.3. The summed E-state index contributed by atoms with van der Waals surface area (Å²) in [6.07, 6.45) is 1.49. The van der Waals surface area contributed by atoms with Crippen LogP contribution in [0.3, 0.4) is 0 Å². The quantitative estimate of drug-likeness (QED) is 0.434. The molecule has 0 aliphatic carbocycles. The number of nitrogens with one attached hydrogen (secondary N) is 1. The van der Waals surface area contributed by atoms with E-state index in [-0.39, 0.29) is 18.4 Å². The summed E-state index contributed by atoms with van der Waals surface area (Å²) in [6.45, 7) is 1.97. The van der Waals surface area contributed by atoms with E-state index in [4.69, 9.17) is 16.6 Å². The fraction of sp³-hybridized carbons (Fsp3) is 0.750. The van der Waals surface area contributed by atoms with Crippen LogP contribution in [0.1, 0.15) is 26.2 Å². The molecule has 0 saturated carbocycles. The van der Waals surface area contributed by atoms with Gasteiger partial charge in [-0.15, -0.1) is 0 Å². The van der Waals surface area contributed by atoms with Gasteiger partial charge in [-0.2, -0.15) is 0 Å². The second kappa shape index (κ2) is 7.20. The van der Waals surface area contributed by atoms with Gasteiger partial charge in [-0.3, -0.25) is 14.4 Å². The van der Waals surface area contributed by atoms with Crippen LogP contribution in [-0.2, 0) is 14.4 Å². The van der Waals surface area contributed by atoms with Crippen LogP contribution < -0.4 is 16.8 Å². The van der Waals surface area contributed by atoms with E-state index < -0.39 is 30.5 Å². The molecule has 1 rings (SSSR count). The summed E-state index contributed by atoms with van der Waals surface area (Å²) in [6, 6.07) is -2.09. The summed E-state index contributed by atoms with van der Waals surface area (Å²) in [7, 11) is 0. The Bertz CT molecular complexity index is 388. The minimum absolute atomic E-state index is 0.0706.